The maximum absolute atomic E-state index is 12.3. The highest BCUT2D eigenvalue weighted by atomic mass is 17.3. The van der Waals surface area contributed by atoms with E-state index >= 15 is 0 Å². The van der Waals surface area contributed by atoms with E-state index in [9.17, 15) is 9.59 Å². The summed E-state index contributed by atoms with van der Waals surface area (Å²) in [7, 11) is 0. The molecular weight excluding hydrogens is 424 g/mol. The maximum atomic E-state index is 12.3. The van der Waals surface area contributed by atoms with E-state index in [4.69, 9.17) is 24.3 Å². The Morgan fingerprint density at radius 1 is 0.697 bits per heavy atom. The first kappa shape index (κ1) is 26.5. The molecule has 0 N–H and O–H groups in total. The summed E-state index contributed by atoms with van der Waals surface area (Å²) in [6.45, 7) is 6.33. The average Bonchev–Trinajstić information content (AvgIpc) is 2.86. The Labute approximate surface area is 195 Å². The monoisotopic (exact) mass is 458 g/mol. The topological polar surface area (TPSA) is 80.3 Å². The van der Waals surface area contributed by atoms with Crippen LogP contribution in [0.15, 0.2) is 48.5 Å². The smallest absolute Gasteiger partial charge is 0.373 e. The molecule has 0 aliphatic carbocycles. The fourth-order valence-corrected chi connectivity index (χ4v) is 2.95. The Bertz CT molecular complexity index is 763. The molecule has 0 amide bonds. The lowest BCUT2D eigenvalue weighted by atomic mass is 10.1. The van der Waals surface area contributed by atoms with Gasteiger partial charge >= 0.3 is 11.9 Å². The summed E-state index contributed by atoms with van der Waals surface area (Å²) in [6.07, 6.45) is 5.07. The van der Waals surface area contributed by atoms with Crippen molar-refractivity contribution in [3.05, 3.63) is 70.8 Å². The Balaban J connectivity index is 1.85. The van der Waals surface area contributed by atoms with Gasteiger partial charge in [-0.15, -0.1) is 9.78 Å². The molecule has 2 rings (SSSR count). The van der Waals surface area contributed by atoms with E-state index in [1.54, 1.807) is 31.2 Å². The number of hydrogen-bond acceptors (Lipinski definition) is 7. The third kappa shape index (κ3) is 9.74. The normalized spacial score (nSPS) is 10.9. The van der Waals surface area contributed by atoms with Crippen LogP contribution < -0.4 is 0 Å². The van der Waals surface area contributed by atoms with Gasteiger partial charge in [0.15, 0.2) is 0 Å². The van der Waals surface area contributed by atoms with Crippen LogP contribution in [0.25, 0.3) is 0 Å². The number of benzene rings is 2. The fraction of sp³-hybridized carbons (Fsp3) is 0.462. The van der Waals surface area contributed by atoms with Gasteiger partial charge in [-0.3, -0.25) is 9.78 Å². The van der Waals surface area contributed by atoms with Crippen LogP contribution in [0.2, 0.25) is 0 Å². The van der Waals surface area contributed by atoms with E-state index in [0.29, 0.717) is 17.7 Å². The van der Waals surface area contributed by atoms with Crippen molar-refractivity contribution in [1.29, 1.82) is 0 Å². The van der Waals surface area contributed by atoms with Crippen LogP contribution in [0.4, 0.5) is 0 Å². The molecule has 0 bridgehead atoms. The van der Waals surface area contributed by atoms with E-state index in [0.717, 1.165) is 49.7 Å². The van der Waals surface area contributed by atoms with Crippen molar-refractivity contribution in [1.82, 2.24) is 0 Å². The molecule has 0 heterocycles. The summed E-state index contributed by atoms with van der Waals surface area (Å²) in [5.41, 5.74) is 2.98. The number of hydrogen-bond donors (Lipinski definition) is 0. The fourth-order valence-electron chi connectivity index (χ4n) is 2.95. The second kappa shape index (κ2) is 15.2. The number of rotatable bonds is 15. The molecule has 0 aromatic heterocycles. The van der Waals surface area contributed by atoms with Gasteiger partial charge in [-0.25, -0.2) is 9.59 Å². The summed E-state index contributed by atoms with van der Waals surface area (Å²) < 4.78 is 5.25. The third-order valence-corrected chi connectivity index (χ3v) is 4.94. The van der Waals surface area contributed by atoms with E-state index in [1.807, 2.05) is 24.3 Å². The molecule has 0 fully saturated rings. The van der Waals surface area contributed by atoms with Gasteiger partial charge in [-0.05, 0) is 68.0 Å². The van der Waals surface area contributed by atoms with Crippen LogP contribution >= 0.6 is 0 Å². The van der Waals surface area contributed by atoms with E-state index in [2.05, 4.69) is 13.8 Å². The second-order valence-electron chi connectivity index (χ2n) is 7.62. The average molecular weight is 459 g/mol. The lowest BCUT2D eigenvalue weighted by Gasteiger charge is -2.15. The second-order valence-corrected chi connectivity index (χ2v) is 7.62. The Hall–Kier alpha value is -2.74. The zero-order valence-corrected chi connectivity index (χ0v) is 19.7. The van der Waals surface area contributed by atoms with E-state index in [1.165, 1.54) is 0 Å². The van der Waals surface area contributed by atoms with Gasteiger partial charge in [0.25, 0.3) is 6.29 Å². The molecule has 7 heteroatoms. The number of unbranched alkanes of at least 4 members (excludes halogenated alkanes) is 2. The molecule has 0 aliphatic rings. The van der Waals surface area contributed by atoms with Gasteiger partial charge in [0.2, 0.25) is 0 Å². The van der Waals surface area contributed by atoms with Crippen LogP contribution in [0.1, 0.15) is 78.3 Å². The van der Waals surface area contributed by atoms with Gasteiger partial charge in [-0.2, -0.15) is 0 Å². The van der Waals surface area contributed by atoms with Gasteiger partial charge < -0.3 is 4.74 Å². The number of carbonyl (C=O) groups is 2. The minimum atomic E-state index is -1.23. The molecule has 0 saturated carbocycles. The molecule has 0 spiro atoms. The lowest BCUT2D eigenvalue weighted by Crippen LogP contribution is -2.26. The summed E-state index contributed by atoms with van der Waals surface area (Å²) in [5.74, 6) is -1.37. The molecule has 0 saturated heterocycles. The first-order valence-electron chi connectivity index (χ1n) is 11.6. The summed E-state index contributed by atoms with van der Waals surface area (Å²) in [5, 5.41) is 0. The van der Waals surface area contributed by atoms with E-state index < -0.39 is 18.2 Å². The maximum Gasteiger partial charge on any atom is 0.373 e. The Morgan fingerprint density at radius 3 is 1.48 bits per heavy atom. The zero-order chi connectivity index (χ0) is 23.9. The number of carbonyl (C=O) groups excluding carboxylic acids is 2. The molecule has 2 aromatic rings. The van der Waals surface area contributed by atoms with Gasteiger partial charge in [0, 0.05) is 6.61 Å². The van der Waals surface area contributed by atoms with Crippen molar-refractivity contribution in [2.75, 3.05) is 13.2 Å². The highest BCUT2D eigenvalue weighted by Crippen LogP contribution is 2.12. The number of ether oxygens (including phenoxy) is 1. The van der Waals surface area contributed by atoms with Crippen LogP contribution in [-0.2, 0) is 37.1 Å². The zero-order valence-electron chi connectivity index (χ0n) is 19.7. The minimum absolute atomic E-state index is 0.0943. The molecule has 2 aromatic carbocycles. The molecule has 0 unspecified atom stereocenters. The minimum Gasteiger partial charge on any atom is -0.376 e. The molecular formula is C26H34O7. The molecule has 0 atom stereocenters. The van der Waals surface area contributed by atoms with E-state index in [-0.39, 0.29) is 6.61 Å². The molecule has 7 nitrogen and oxygen atoms in total. The number of aryl methyl sites for hydroxylation is 2. The van der Waals surface area contributed by atoms with Gasteiger partial charge in [0.05, 0.1) is 11.1 Å². The standard InChI is InChI=1S/C26H34O7/c1-4-7-9-20-11-15-22(16-12-20)25(27)32-30-24(19-29-6-3)31-33-26(28)23-17-13-21(14-18-23)10-8-5-2/h11-18,24H,4-10,19H2,1-3H3. The molecule has 180 valence electrons. The summed E-state index contributed by atoms with van der Waals surface area (Å²) >= 11 is 0. The van der Waals surface area contributed by atoms with Crippen LogP contribution in [0.5, 0.6) is 0 Å². The van der Waals surface area contributed by atoms with Crippen LogP contribution in [0.3, 0.4) is 0 Å². The molecule has 0 aliphatic heterocycles. The summed E-state index contributed by atoms with van der Waals surface area (Å²) in [6, 6.07) is 14.3. The highest BCUT2D eigenvalue weighted by Gasteiger charge is 2.20. The Kier molecular flexibility index (Phi) is 12.2. The van der Waals surface area contributed by atoms with Gasteiger partial charge in [-0.1, -0.05) is 51.0 Å². The first-order valence-corrected chi connectivity index (χ1v) is 11.6. The largest absolute Gasteiger partial charge is 0.376 e. The SMILES string of the molecule is CCCCc1ccc(C(=O)OOC(COCC)OOC(=O)c2ccc(CCCC)cc2)cc1. The molecule has 0 radical (unpaired) electrons. The van der Waals surface area contributed by atoms with Crippen molar-refractivity contribution < 1.29 is 33.9 Å². The summed E-state index contributed by atoms with van der Waals surface area (Å²) in [4.78, 5) is 44.3. The first-order chi connectivity index (χ1) is 16.1. The van der Waals surface area contributed by atoms with Crippen molar-refractivity contribution in [2.24, 2.45) is 0 Å². The van der Waals surface area contributed by atoms with Crippen LogP contribution in [0, 0.1) is 0 Å². The third-order valence-electron chi connectivity index (χ3n) is 4.94. The lowest BCUT2D eigenvalue weighted by molar-refractivity contribution is -0.426. The molecule has 33 heavy (non-hydrogen) atoms. The van der Waals surface area contributed by atoms with Crippen molar-refractivity contribution in [3.63, 3.8) is 0 Å². The Morgan fingerprint density at radius 2 is 1.12 bits per heavy atom. The predicted molar refractivity (Wildman–Crippen MR) is 123 cm³/mol. The van der Waals surface area contributed by atoms with Crippen molar-refractivity contribution in [3.8, 4) is 0 Å². The van der Waals surface area contributed by atoms with Crippen LogP contribution in [-0.4, -0.2) is 31.4 Å². The predicted octanol–water partition coefficient (Wildman–Crippen LogP) is 5.61. The van der Waals surface area contributed by atoms with Gasteiger partial charge in [0.1, 0.15) is 6.61 Å². The highest BCUT2D eigenvalue weighted by molar-refractivity contribution is 5.89. The van der Waals surface area contributed by atoms with Crippen molar-refractivity contribution >= 4 is 11.9 Å². The van der Waals surface area contributed by atoms with Crippen molar-refractivity contribution in [2.45, 2.75) is 65.6 Å². The quantitative estimate of drug-likeness (QED) is 0.195.